The summed E-state index contributed by atoms with van der Waals surface area (Å²) in [6.07, 6.45) is 2.01. The average Bonchev–Trinajstić information content (AvgIpc) is 2.64. The summed E-state index contributed by atoms with van der Waals surface area (Å²) < 4.78 is 1.28. The maximum absolute atomic E-state index is 12.0. The van der Waals surface area contributed by atoms with Crippen LogP contribution in [0, 0.1) is 0 Å². The number of anilines is 1. The van der Waals surface area contributed by atoms with Gasteiger partial charge < -0.3 is 20.3 Å². The van der Waals surface area contributed by atoms with Gasteiger partial charge in [-0.3, -0.25) is 9.59 Å². The summed E-state index contributed by atoms with van der Waals surface area (Å²) in [5, 5.41) is 9.80. The van der Waals surface area contributed by atoms with Crippen molar-refractivity contribution in [2.24, 2.45) is 0 Å². The Kier molecular flexibility index (Phi) is 3.13. The summed E-state index contributed by atoms with van der Waals surface area (Å²) in [5.74, 6) is -0.180. The Morgan fingerprint density at radius 3 is 2.89 bits per heavy atom. The Hall–Kier alpha value is -1.82. The van der Waals surface area contributed by atoms with E-state index in [1.165, 1.54) is 22.9 Å². The molecule has 0 radical (unpaired) electrons. The molecule has 98 valence electrons. The van der Waals surface area contributed by atoms with E-state index in [1.54, 1.807) is 11.8 Å². The second kappa shape index (κ2) is 4.45. The first-order valence-electron chi connectivity index (χ1n) is 5.83. The fraction of sp³-hybridized carbons (Fsp3) is 0.500. The topological polar surface area (TPSA) is 88.6 Å². The van der Waals surface area contributed by atoms with Crippen molar-refractivity contribution in [3.8, 4) is 0 Å². The second-order valence-corrected chi connectivity index (χ2v) is 4.99. The van der Waals surface area contributed by atoms with Crippen LogP contribution in [0.2, 0.25) is 0 Å². The van der Waals surface area contributed by atoms with Crippen LogP contribution in [0.1, 0.15) is 13.3 Å². The number of rotatable bonds is 2. The number of carbonyl (C=O) groups excluding carboxylic acids is 1. The van der Waals surface area contributed by atoms with Crippen LogP contribution < -0.4 is 11.3 Å². The molecular weight excluding hydrogens is 234 g/mol. The second-order valence-electron chi connectivity index (χ2n) is 4.99. The van der Waals surface area contributed by atoms with Gasteiger partial charge in [-0.1, -0.05) is 0 Å². The zero-order valence-electron chi connectivity index (χ0n) is 10.3. The van der Waals surface area contributed by atoms with E-state index in [2.05, 4.69) is 0 Å². The summed E-state index contributed by atoms with van der Waals surface area (Å²) >= 11 is 0. The monoisotopic (exact) mass is 251 g/mol. The van der Waals surface area contributed by atoms with Gasteiger partial charge in [-0.05, 0) is 19.4 Å². The van der Waals surface area contributed by atoms with Gasteiger partial charge >= 0.3 is 0 Å². The lowest BCUT2D eigenvalue weighted by atomic mass is 10.1. The van der Waals surface area contributed by atoms with Crippen molar-refractivity contribution >= 4 is 11.6 Å². The molecule has 1 fully saturated rings. The lowest BCUT2D eigenvalue weighted by Gasteiger charge is -2.19. The van der Waals surface area contributed by atoms with Gasteiger partial charge in [-0.15, -0.1) is 0 Å². The lowest BCUT2D eigenvalue weighted by Crippen LogP contribution is -2.37. The van der Waals surface area contributed by atoms with Crippen molar-refractivity contribution in [2.75, 3.05) is 18.8 Å². The van der Waals surface area contributed by atoms with Gasteiger partial charge in [0, 0.05) is 31.0 Å². The number of carbonyl (C=O) groups is 1. The third kappa shape index (κ3) is 2.70. The van der Waals surface area contributed by atoms with Crippen LogP contribution >= 0.6 is 0 Å². The number of hydrogen-bond acceptors (Lipinski definition) is 4. The predicted octanol–water partition coefficient (Wildman–Crippen LogP) is -0.586. The zero-order chi connectivity index (χ0) is 13.3. The molecule has 1 aromatic rings. The van der Waals surface area contributed by atoms with Crippen molar-refractivity contribution in [3.05, 3.63) is 28.7 Å². The Balaban J connectivity index is 2.08. The van der Waals surface area contributed by atoms with Crippen molar-refractivity contribution in [3.63, 3.8) is 0 Å². The summed E-state index contributed by atoms with van der Waals surface area (Å²) in [7, 11) is 0. The van der Waals surface area contributed by atoms with Gasteiger partial charge in [0.2, 0.25) is 5.91 Å². The molecule has 0 spiro atoms. The van der Waals surface area contributed by atoms with Crippen LogP contribution in [0.4, 0.5) is 5.69 Å². The lowest BCUT2D eigenvalue weighted by molar-refractivity contribution is -0.131. The zero-order valence-corrected chi connectivity index (χ0v) is 10.3. The number of β-amino-alcohol motifs (C(OH)–C–C–N with tert-alkyl or cyclic N) is 1. The maximum Gasteiger partial charge on any atom is 0.251 e. The Labute approximate surface area is 105 Å². The largest absolute Gasteiger partial charge is 0.398 e. The van der Waals surface area contributed by atoms with E-state index in [0.29, 0.717) is 25.2 Å². The number of nitrogens with zero attached hydrogens (tertiary/aromatic N) is 2. The van der Waals surface area contributed by atoms with Crippen LogP contribution in [-0.4, -0.2) is 39.2 Å². The molecule has 6 nitrogen and oxygen atoms in total. The molecule has 1 unspecified atom stereocenters. The maximum atomic E-state index is 12.0. The van der Waals surface area contributed by atoms with Crippen molar-refractivity contribution in [1.82, 2.24) is 9.47 Å². The molecule has 1 saturated heterocycles. The Bertz CT molecular complexity index is 522. The first-order chi connectivity index (χ1) is 8.37. The summed E-state index contributed by atoms with van der Waals surface area (Å²) in [4.78, 5) is 25.1. The minimum Gasteiger partial charge on any atom is -0.398 e. The van der Waals surface area contributed by atoms with Gasteiger partial charge in [-0.25, -0.2) is 0 Å². The molecule has 1 atom stereocenters. The van der Waals surface area contributed by atoms with Gasteiger partial charge in [0.25, 0.3) is 5.56 Å². The van der Waals surface area contributed by atoms with Crippen LogP contribution in [0.25, 0.3) is 0 Å². The van der Waals surface area contributed by atoms with E-state index in [1.807, 2.05) is 0 Å². The number of amides is 1. The highest BCUT2D eigenvalue weighted by atomic mass is 16.3. The third-order valence-corrected chi connectivity index (χ3v) is 3.12. The van der Waals surface area contributed by atoms with Crippen molar-refractivity contribution in [2.45, 2.75) is 25.5 Å². The highest BCUT2D eigenvalue weighted by molar-refractivity contribution is 5.76. The van der Waals surface area contributed by atoms with Crippen LogP contribution in [0.15, 0.2) is 23.1 Å². The highest BCUT2D eigenvalue weighted by Gasteiger charge is 2.33. The van der Waals surface area contributed by atoms with Crippen LogP contribution in [-0.2, 0) is 11.3 Å². The number of nitrogen functional groups attached to an aromatic ring is 1. The van der Waals surface area contributed by atoms with E-state index < -0.39 is 5.60 Å². The van der Waals surface area contributed by atoms with Crippen LogP contribution in [0.3, 0.4) is 0 Å². The molecule has 1 amide bonds. The number of hydrogen-bond donors (Lipinski definition) is 2. The minimum absolute atomic E-state index is 0.0417. The average molecular weight is 251 g/mol. The normalized spacial score (nSPS) is 23.3. The van der Waals surface area contributed by atoms with Gasteiger partial charge in [-0.2, -0.15) is 0 Å². The predicted molar refractivity (Wildman–Crippen MR) is 66.9 cm³/mol. The molecule has 0 bridgehead atoms. The number of aliphatic hydroxyl groups is 1. The smallest absolute Gasteiger partial charge is 0.251 e. The Morgan fingerprint density at radius 2 is 2.28 bits per heavy atom. The fourth-order valence-corrected chi connectivity index (χ4v) is 2.08. The molecule has 3 N–H and O–H groups in total. The summed E-state index contributed by atoms with van der Waals surface area (Å²) in [5.41, 5.74) is 4.93. The molecule has 1 aliphatic rings. The third-order valence-electron chi connectivity index (χ3n) is 3.12. The molecule has 2 heterocycles. The molecule has 0 saturated carbocycles. The first kappa shape index (κ1) is 12.6. The summed E-state index contributed by atoms with van der Waals surface area (Å²) in [6, 6.07) is 2.84. The molecule has 0 aromatic carbocycles. The van der Waals surface area contributed by atoms with Crippen LogP contribution in [0.5, 0.6) is 0 Å². The van der Waals surface area contributed by atoms with Crippen molar-refractivity contribution in [1.29, 1.82) is 0 Å². The quantitative estimate of drug-likeness (QED) is 0.735. The minimum atomic E-state index is -0.823. The number of aromatic nitrogens is 1. The number of likely N-dealkylation sites (tertiary alicyclic amines) is 1. The highest BCUT2D eigenvalue weighted by Crippen LogP contribution is 2.20. The Morgan fingerprint density at radius 1 is 1.56 bits per heavy atom. The molecule has 2 rings (SSSR count). The van der Waals surface area contributed by atoms with E-state index in [9.17, 15) is 14.7 Å². The molecule has 18 heavy (non-hydrogen) atoms. The molecule has 0 aliphatic carbocycles. The number of nitrogens with two attached hydrogens (primary N) is 1. The standard InChI is InChI=1S/C12H17N3O3/c1-12(18)4-5-14(8-12)11(17)7-15-6-9(13)2-3-10(15)16/h2-3,6,18H,4-5,7-8,13H2,1H3. The number of pyridine rings is 1. The van der Waals surface area contributed by atoms with Gasteiger partial charge in [0.15, 0.2) is 0 Å². The molecule has 1 aliphatic heterocycles. The van der Waals surface area contributed by atoms with E-state index in [0.717, 1.165) is 0 Å². The van der Waals surface area contributed by atoms with Gasteiger partial charge in [0.05, 0.1) is 5.60 Å². The SMILES string of the molecule is CC1(O)CCN(C(=O)Cn2cc(N)ccc2=O)C1. The van der Waals surface area contributed by atoms with Crippen molar-refractivity contribution < 1.29 is 9.90 Å². The fourth-order valence-electron chi connectivity index (χ4n) is 2.08. The van der Waals surface area contributed by atoms with E-state index in [-0.39, 0.29) is 18.0 Å². The van der Waals surface area contributed by atoms with Gasteiger partial charge in [0.1, 0.15) is 6.54 Å². The molecular formula is C12H17N3O3. The van der Waals surface area contributed by atoms with E-state index in [4.69, 9.17) is 5.73 Å². The summed E-state index contributed by atoms with van der Waals surface area (Å²) in [6.45, 7) is 2.48. The first-order valence-corrected chi connectivity index (χ1v) is 5.83. The molecule has 1 aromatic heterocycles. The molecule has 6 heteroatoms. The van der Waals surface area contributed by atoms with E-state index >= 15 is 0 Å².